The first-order chi connectivity index (χ1) is 9.63. The maximum Gasteiger partial charge on any atom is 0.407 e. The third-order valence-electron chi connectivity index (χ3n) is 4.67. The molecule has 0 unspecified atom stereocenters. The predicted octanol–water partition coefficient (Wildman–Crippen LogP) is 3.60. The van der Waals surface area contributed by atoms with Crippen molar-refractivity contribution in [2.75, 3.05) is 0 Å². The van der Waals surface area contributed by atoms with E-state index >= 15 is 0 Å². The molecule has 21 heavy (non-hydrogen) atoms. The van der Waals surface area contributed by atoms with Gasteiger partial charge in [0.05, 0.1) is 0 Å². The lowest BCUT2D eigenvalue weighted by molar-refractivity contribution is 0.0459. The van der Waals surface area contributed by atoms with E-state index in [0.29, 0.717) is 17.5 Å². The molecule has 0 bridgehead atoms. The van der Waals surface area contributed by atoms with Gasteiger partial charge in [0.2, 0.25) is 0 Å². The first kappa shape index (κ1) is 16.6. The lowest BCUT2D eigenvalue weighted by Crippen LogP contribution is -2.55. The Morgan fingerprint density at radius 1 is 1.05 bits per heavy atom. The number of ether oxygens (including phenoxy) is 1. The summed E-state index contributed by atoms with van der Waals surface area (Å²) in [4.78, 5) is 11.7. The number of hydrogen-bond acceptors (Lipinski definition) is 3. The Morgan fingerprint density at radius 2 is 1.62 bits per heavy atom. The number of hydrogen-bond donors (Lipinski definition) is 2. The highest BCUT2D eigenvalue weighted by Crippen LogP contribution is 2.36. The van der Waals surface area contributed by atoms with Crippen molar-refractivity contribution in [3.05, 3.63) is 0 Å². The Morgan fingerprint density at radius 3 is 2.14 bits per heavy atom. The molecule has 2 rings (SSSR count). The minimum absolute atomic E-state index is 0.275. The Hall–Kier alpha value is -0.770. The molecule has 2 fully saturated rings. The number of alkyl carbamates (subject to hydrolysis) is 1. The van der Waals surface area contributed by atoms with Gasteiger partial charge in [-0.2, -0.15) is 0 Å². The van der Waals surface area contributed by atoms with E-state index in [-0.39, 0.29) is 12.1 Å². The summed E-state index contributed by atoms with van der Waals surface area (Å²) >= 11 is 0. The molecule has 4 nitrogen and oxygen atoms in total. The summed E-state index contributed by atoms with van der Waals surface area (Å²) in [6.45, 7) is 10.4. The molecule has 2 aliphatic rings. The molecule has 0 atom stereocenters. The van der Waals surface area contributed by atoms with Crippen LogP contribution in [0.4, 0.5) is 4.79 Å². The van der Waals surface area contributed by atoms with Crippen LogP contribution in [0.25, 0.3) is 0 Å². The lowest BCUT2D eigenvalue weighted by atomic mass is 9.75. The van der Waals surface area contributed by atoms with Crippen LogP contribution in [0.15, 0.2) is 0 Å². The van der Waals surface area contributed by atoms with Crippen molar-refractivity contribution >= 4 is 6.09 Å². The van der Waals surface area contributed by atoms with Gasteiger partial charge in [-0.25, -0.2) is 4.79 Å². The Kier molecular flexibility index (Phi) is 4.86. The minimum Gasteiger partial charge on any atom is -0.444 e. The molecule has 0 aromatic carbocycles. The highest BCUT2D eigenvalue weighted by atomic mass is 16.6. The molecule has 0 aromatic heterocycles. The van der Waals surface area contributed by atoms with Gasteiger partial charge < -0.3 is 15.4 Å². The summed E-state index contributed by atoms with van der Waals surface area (Å²) in [7, 11) is 0. The summed E-state index contributed by atoms with van der Waals surface area (Å²) in [5.74, 6) is 0. The predicted molar refractivity (Wildman–Crippen MR) is 85.4 cm³/mol. The van der Waals surface area contributed by atoms with Crippen LogP contribution in [-0.2, 0) is 4.74 Å². The number of rotatable bonds is 3. The van der Waals surface area contributed by atoms with E-state index in [2.05, 4.69) is 24.5 Å². The topological polar surface area (TPSA) is 50.4 Å². The van der Waals surface area contributed by atoms with Gasteiger partial charge in [0.25, 0.3) is 0 Å². The maximum absolute atomic E-state index is 11.7. The molecular formula is C17H32N2O2. The Labute approximate surface area is 129 Å². The van der Waals surface area contributed by atoms with Crippen molar-refractivity contribution in [3.63, 3.8) is 0 Å². The van der Waals surface area contributed by atoms with Gasteiger partial charge in [-0.1, -0.05) is 13.8 Å². The SMILES string of the molecule is CC1(C)CCC(NC2CC(NC(=O)OC(C)(C)C)C2)CC1. The van der Waals surface area contributed by atoms with Crippen LogP contribution in [0.1, 0.15) is 73.1 Å². The average molecular weight is 296 g/mol. The van der Waals surface area contributed by atoms with Gasteiger partial charge in [-0.05, 0) is 64.7 Å². The molecule has 0 aliphatic heterocycles. The molecule has 0 heterocycles. The van der Waals surface area contributed by atoms with E-state index in [0.717, 1.165) is 12.8 Å². The van der Waals surface area contributed by atoms with E-state index in [4.69, 9.17) is 4.74 Å². The van der Waals surface area contributed by atoms with Crippen molar-refractivity contribution in [1.82, 2.24) is 10.6 Å². The van der Waals surface area contributed by atoms with Crippen molar-refractivity contribution in [2.45, 2.75) is 96.9 Å². The van der Waals surface area contributed by atoms with E-state index in [1.54, 1.807) is 0 Å². The van der Waals surface area contributed by atoms with E-state index in [1.807, 2.05) is 20.8 Å². The van der Waals surface area contributed by atoms with Gasteiger partial charge in [0, 0.05) is 18.1 Å². The van der Waals surface area contributed by atoms with Crippen molar-refractivity contribution in [1.29, 1.82) is 0 Å². The Balaban J connectivity index is 1.61. The molecule has 2 saturated carbocycles. The summed E-state index contributed by atoms with van der Waals surface area (Å²) in [5.41, 5.74) is 0.110. The van der Waals surface area contributed by atoms with Crippen molar-refractivity contribution in [2.24, 2.45) is 5.41 Å². The zero-order valence-corrected chi connectivity index (χ0v) is 14.3. The van der Waals surface area contributed by atoms with Crippen LogP contribution in [-0.4, -0.2) is 29.8 Å². The first-order valence-electron chi connectivity index (χ1n) is 8.38. The molecule has 0 saturated heterocycles. The number of amides is 1. The molecule has 0 aromatic rings. The zero-order valence-electron chi connectivity index (χ0n) is 14.3. The van der Waals surface area contributed by atoms with Crippen molar-refractivity contribution in [3.8, 4) is 0 Å². The van der Waals surface area contributed by atoms with Crippen LogP contribution >= 0.6 is 0 Å². The van der Waals surface area contributed by atoms with Crippen molar-refractivity contribution < 1.29 is 9.53 Å². The largest absolute Gasteiger partial charge is 0.444 e. The van der Waals surface area contributed by atoms with Crippen LogP contribution in [0.3, 0.4) is 0 Å². The minimum atomic E-state index is -0.416. The number of nitrogens with one attached hydrogen (secondary N) is 2. The van der Waals surface area contributed by atoms with Gasteiger partial charge >= 0.3 is 6.09 Å². The monoisotopic (exact) mass is 296 g/mol. The zero-order chi connectivity index (χ0) is 15.7. The molecule has 1 amide bonds. The normalized spacial score (nSPS) is 29.6. The summed E-state index contributed by atoms with van der Waals surface area (Å²) in [6, 6.07) is 1.51. The molecule has 0 spiro atoms. The van der Waals surface area contributed by atoms with E-state index in [9.17, 15) is 4.79 Å². The van der Waals surface area contributed by atoms with Crippen LogP contribution < -0.4 is 10.6 Å². The second kappa shape index (κ2) is 6.15. The summed E-state index contributed by atoms with van der Waals surface area (Å²) in [5, 5.41) is 6.70. The van der Waals surface area contributed by atoms with Gasteiger partial charge in [-0.15, -0.1) is 0 Å². The highest BCUT2D eigenvalue weighted by molar-refractivity contribution is 5.68. The summed E-state index contributed by atoms with van der Waals surface area (Å²) < 4.78 is 5.28. The van der Waals surface area contributed by atoms with Crippen LogP contribution in [0.2, 0.25) is 0 Å². The fourth-order valence-electron chi connectivity index (χ4n) is 3.25. The van der Waals surface area contributed by atoms with Gasteiger partial charge in [0.1, 0.15) is 5.60 Å². The second-order valence-corrected chi connectivity index (χ2v) is 8.62. The molecule has 122 valence electrons. The fourth-order valence-corrected chi connectivity index (χ4v) is 3.25. The third kappa shape index (κ3) is 5.50. The number of carbonyl (C=O) groups is 1. The number of carbonyl (C=O) groups excluding carboxylic acids is 1. The third-order valence-corrected chi connectivity index (χ3v) is 4.67. The molecule has 2 aliphatic carbocycles. The smallest absolute Gasteiger partial charge is 0.407 e. The first-order valence-corrected chi connectivity index (χ1v) is 8.38. The van der Waals surface area contributed by atoms with E-state index < -0.39 is 5.60 Å². The highest BCUT2D eigenvalue weighted by Gasteiger charge is 2.34. The van der Waals surface area contributed by atoms with Gasteiger partial charge in [0.15, 0.2) is 0 Å². The lowest BCUT2D eigenvalue weighted by Gasteiger charge is -2.42. The average Bonchev–Trinajstić information content (AvgIpc) is 2.26. The quantitative estimate of drug-likeness (QED) is 0.836. The summed E-state index contributed by atoms with van der Waals surface area (Å²) in [6.07, 6.45) is 6.97. The molecular weight excluding hydrogens is 264 g/mol. The second-order valence-electron chi connectivity index (χ2n) is 8.62. The van der Waals surface area contributed by atoms with Crippen LogP contribution in [0.5, 0.6) is 0 Å². The molecule has 4 heteroatoms. The molecule has 2 N–H and O–H groups in total. The fraction of sp³-hybridized carbons (Fsp3) is 0.941. The Bertz CT molecular complexity index is 357. The van der Waals surface area contributed by atoms with Crippen LogP contribution in [0, 0.1) is 5.41 Å². The van der Waals surface area contributed by atoms with Gasteiger partial charge in [-0.3, -0.25) is 0 Å². The van der Waals surface area contributed by atoms with E-state index in [1.165, 1.54) is 25.7 Å². The maximum atomic E-state index is 11.7. The standard InChI is InChI=1S/C17H32N2O2/c1-16(2,3)21-15(20)19-14-10-13(11-14)18-12-6-8-17(4,5)9-7-12/h12-14,18H,6-11H2,1-5H3,(H,19,20). The molecule has 0 radical (unpaired) electrons.